The van der Waals surface area contributed by atoms with Gasteiger partial charge in [-0.25, -0.2) is 8.42 Å². The van der Waals surface area contributed by atoms with E-state index in [1.165, 1.54) is 12.1 Å². The first kappa shape index (κ1) is 27.6. The third kappa shape index (κ3) is 7.12. The number of aliphatic carboxylic acids is 1. The lowest BCUT2D eigenvalue weighted by atomic mass is 10.0. The summed E-state index contributed by atoms with van der Waals surface area (Å²) in [4.78, 5) is 26.3. The van der Waals surface area contributed by atoms with Crippen molar-refractivity contribution in [3.8, 4) is 5.75 Å². The molecule has 1 fully saturated rings. The molecule has 1 amide bonds. The molecule has 1 aliphatic heterocycles. The Morgan fingerprint density at radius 2 is 1.76 bits per heavy atom. The van der Waals surface area contributed by atoms with Gasteiger partial charge in [-0.3, -0.25) is 9.59 Å². The van der Waals surface area contributed by atoms with Crippen LogP contribution in [0.4, 0.5) is 0 Å². The van der Waals surface area contributed by atoms with Gasteiger partial charge in [-0.2, -0.15) is 4.72 Å². The van der Waals surface area contributed by atoms with Crippen molar-refractivity contribution in [1.82, 2.24) is 9.62 Å². The molecule has 0 bridgehead atoms. The fourth-order valence-corrected chi connectivity index (χ4v) is 5.66. The van der Waals surface area contributed by atoms with Crippen LogP contribution in [0.5, 0.6) is 5.75 Å². The number of carbonyl (C=O) groups is 2. The Morgan fingerprint density at radius 3 is 2.45 bits per heavy atom. The molecule has 1 saturated heterocycles. The minimum absolute atomic E-state index is 0.104. The Labute approximate surface area is 227 Å². The van der Waals surface area contributed by atoms with E-state index in [1.807, 2.05) is 19.1 Å². The minimum atomic E-state index is -3.87. The average Bonchev–Trinajstić information content (AvgIpc) is 2.87. The van der Waals surface area contributed by atoms with E-state index in [1.54, 1.807) is 47.4 Å². The number of carboxylic acid groups (broad SMARTS) is 1. The summed E-state index contributed by atoms with van der Waals surface area (Å²) in [5.41, 5.74) is 3.05. The zero-order valence-electron chi connectivity index (χ0n) is 20.9. The number of aryl methyl sites for hydroxylation is 1. The van der Waals surface area contributed by atoms with E-state index < -0.39 is 22.0 Å². The van der Waals surface area contributed by atoms with Crippen LogP contribution in [-0.4, -0.2) is 42.9 Å². The van der Waals surface area contributed by atoms with Crippen molar-refractivity contribution in [2.75, 3.05) is 6.54 Å². The molecule has 0 unspecified atom stereocenters. The van der Waals surface area contributed by atoms with E-state index in [-0.39, 0.29) is 30.4 Å². The third-order valence-electron chi connectivity index (χ3n) is 6.31. The smallest absolute Gasteiger partial charge is 0.307 e. The zero-order valence-corrected chi connectivity index (χ0v) is 22.5. The largest absolute Gasteiger partial charge is 0.489 e. The number of benzene rings is 3. The predicted octanol–water partition coefficient (Wildman–Crippen LogP) is 4.32. The maximum Gasteiger partial charge on any atom is 0.307 e. The molecule has 0 saturated carbocycles. The summed E-state index contributed by atoms with van der Waals surface area (Å²) in [6.07, 6.45) is 0.833. The van der Waals surface area contributed by atoms with Crippen molar-refractivity contribution in [3.05, 3.63) is 94.0 Å². The second kappa shape index (κ2) is 12.0. The molecule has 3 aromatic rings. The summed E-state index contributed by atoms with van der Waals surface area (Å²) in [5, 5.41) is 9.86. The molecular formula is C28H29ClN2O6S. The maximum atomic E-state index is 13.3. The zero-order chi connectivity index (χ0) is 27.3. The molecule has 1 atom stereocenters. The van der Waals surface area contributed by atoms with Crippen LogP contribution >= 0.6 is 11.6 Å². The van der Waals surface area contributed by atoms with Crippen molar-refractivity contribution in [2.45, 2.75) is 50.3 Å². The highest BCUT2D eigenvalue weighted by Gasteiger charge is 2.33. The number of carbonyl (C=O) groups excluding carboxylic acids is 1. The molecule has 0 spiro atoms. The minimum Gasteiger partial charge on any atom is -0.489 e. The van der Waals surface area contributed by atoms with Crippen molar-refractivity contribution in [2.24, 2.45) is 0 Å². The highest BCUT2D eigenvalue weighted by molar-refractivity contribution is 7.89. The van der Waals surface area contributed by atoms with Gasteiger partial charge in [0, 0.05) is 23.7 Å². The lowest BCUT2D eigenvalue weighted by molar-refractivity contribution is -0.137. The second-order valence-corrected chi connectivity index (χ2v) is 11.5. The van der Waals surface area contributed by atoms with Crippen LogP contribution in [0.15, 0.2) is 71.6 Å². The number of sulfonamides is 1. The van der Waals surface area contributed by atoms with E-state index >= 15 is 0 Å². The molecule has 1 heterocycles. The number of likely N-dealkylation sites (tertiary alicyclic amines) is 1. The summed E-state index contributed by atoms with van der Waals surface area (Å²) in [6, 6.07) is 17.9. The Balaban J connectivity index is 1.52. The van der Waals surface area contributed by atoms with Crippen LogP contribution in [-0.2, 0) is 39.2 Å². The number of carboxylic acids is 1. The normalized spacial score (nSPS) is 15.9. The summed E-state index contributed by atoms with van der Waals surface area (Å²) in [5.74, 6) is -0.783. The summed E-state index contributed by atoms with van der Waals surface area (Å²) < 4.78 is 34.4. The number of piperidine rings is 1. The molecule has 0 aromatic heterocycles. The van der Waals surface area contributed by atoms with E-state index in [0.717, 1.165) is 11.1 Å². The monoisotopic (exact) mass is 556 g/mol. The molecule has 1 aliphatic rings. The lowest BCUT2D eigenvalue weighted by Gasteiger charge is -2.33. The number of ether oxygens (including phenoxy) is 1. The number of nitrogens with one attached hydrogen (secondary N) is 1. The van der Waals surface area contributed by atoms with Crippen molar-refractivity contribution in [3.63, 3.8) is 0 Å². The maximum absolute atomic E-state index is 13.3. The second-order valence-electron chi connectivity index (χ2n) is 9.32. The van der Waals surface area contributed by atoms with Crippen molar-refractivity contribution >= 4 is 33.5 Å². The predicted molar refractivity (Wildman–Crippen MR) is 144 cm³/mol. The molecule has 0 radical (unpaired) electrons. The molecule has 4 rings (SSSR count). The Kier molecular flexibility index (Phi) is 8.71. The first-order chi connectivity index (χ1) is 18.1. The topological polar surface area (TPSA) is 113 Å². The molecule has 3 aromatic carbocycles. The van der Waals surface area contributed by atoms with Crippen LogP contribution in [0, 0.1) is 6.92 Å². The summed E-state index contributed by atoms with van der Waals surface area (Å²) in [6.45, 7) is 2.73. The first-order valence-electron chi connectivity index (χ1n) is 12.2. The molecule has 0 aliphatic carbocycles. The lowest BCUT2D eigenvalue weighted by Crippen LogP contribution is -2.51. The molecule has 10 heteroatoms. The van der Waals surface area contributed by atoms with Gasteiger partial charge >= 0.3 is 5.97 Å². The number of amides is 1. The van der Waals surface area contributed by atoms with Gasteiger partial charge in [0.25, 0.3) is 0 Å². The highest BCUT2D eigenvalue weighted by atomic mass is 35.5. The van der Waals surface area contributed by atoms with E-state index in [4.69, 9.17) is 16.3 Å². The molecule has 2 N–H and O–H groups in total. The van der Waals surface area contributed by atoms with Gasteiger partial charge in [-0.05, 0) is 67.3 Å². The third-order valence-corrected chi connectivity index (χ3v) is 8.05. The number of hydrogen-bond donors (Lipinski definition) is 2. The standard InChI is InChI=1S/C28H29ClN2O6S/c1-19-4-11-24(12-5-19)38(35,36)30-25-3-2-14-31(28(25)34)17-22-15-21(16-27(32)33)8-13-26(22)37-18-20-6-9-23(29)10-7-20/h4-13,15,25,30H,2-3,14,16-18H2,1H3,(H,32,33)/t25-/m1/s1. The van der Waals surface area contributed by atoms with E-state index in [2.05, 4.69) is 4.72 Å². The Morgan fingerprint density at radius 1 is 1.08 bits per heavy atom. The summed E-state index contributed by atoms with van der Waals surface area (Å²) >= 11 is 5.96. The highest BCUT2D eigenvalue weighted by Crippen LogP contribution is 2.26. The Hall–Kier alpha value is -3.40. The van der Waals surface area contributed by atoms with Gasteiger partial charge in [0.2, 0.25) is 15.9 Å². The van der Waals surface area contributed by atoms with Crippen molar-refractivity contribution in [1.29, 1.82) is 0 Å². The van der Waals surface area contributed by atoms with Crippen LogP contribution in [0.1, 0.15) is 35.1 Å². The van der Waals surface area contributed by atoms with Gasteiger partial charge in [0.15, 0.2) is 0 Å². The van der Waals surface area contributed by atoms with Gasteiger partial charge < -0.3 is 14.7 Å². The van der Waals surface area contributed by atoms with Gasteiger partial charge in [0.1, 0.15) is 18.4 Å². The van der Waals surface area contributed by atoms with E-state index in [0.29, 0.717) is 41.3 Å². The number of nitrogens with zero attached hydrogens (tertiary/aromatic N) is 1. The van der Waals surface area contributed by atoms with Crippen LogP contribution < -0.4 is 9.46 Å². The Bertz CT molecular complexity index is 1410. The van der Waals surface area contributed by atoms with Gasteiger partial charge in [-0.1, -0.05) is 47.5 Å². The number of halogens is 1. The average molecular weight is 557 g/mol. The van der Waals surface area contributed by atoms with Gasteiger partial charge in [0.05, 0.1) is 11.3 Å². The molecule has 8 nitrogen and oxygen atoms in total. The van der Waals surface area contributed by atoms with Gasteiger partial charge in [-0.15, -0.1) is 0 Å². The van der Waals surface area contributed by atoms with Crippen LogP contribution in [0.25, 0.3) is 0 Å². The first-order valence-corrected chi connectivity index (χ1v) is 14.1. The fraction of sp³-hybridized carbons (Fsp3) is 0.286. The number of rotatable bonds is 10. The quantitative estimate of drug-likeness (QED) is 0.384. The van der Waals surface area contributed by atoms with Crippen LogP contribution in [0.2, 0.25) is 5.02 Å². The molecule has 38 heavy (non-hydrogen) atoms. The van der Waals surface area contributed by atoms with Crippen LogP contribution in [0.3, 0.4) is 0 Å². The number of hydrogen-bond acceptors (Lipinski definition) is 5. The molecular weight excluding hydrogens is 528 g/mol. The van der Waals surface area contributed by atoms with E-state index in [9.17, 15) is 23.1 Å². The SMILES string of the molecule is Cc1ccc(S(=O)(=O)N[C@@H]2CCCN(Cc3cc(CC(=O)O)ccc3OCc3ccc(Cl)cc3)C2=O)cc1. The van der Waals surface area contributed by atoms with Crippen molar-refractivity contribution < 1.29 is 27.9 Å². The summed E-state index contributed by atoms with van der Waals surface area (Å²) in [7, 11) is -3.87. The molecule has 200 valence electrons. The fourth-order valence-electron chi connectivity index (χ4n) is 4.31.